The molecule has 0 radical (unpaired) electrons. The molecule has 2 nitrogen and oxygen atoms in total. The SMILES string of the molecule is c1ccc(C2(c3ccccc3)c3ccccc3-c3c(N(c4cccc(-c5ccc6ccccc6c5)c4)c4cccc5oc6ccccc6c45)cccc32)cc1. The first kappa shape index (κ1) is 31.4. The van der Waals surface area contributed by atoms with E-state index in [0.29, 0.717) is 0 Å². The normalized spacial score (nSPS) is 12.9. The highest BCUT2D eigenvalue weighted by atomic mass is 16.3. The first-order valence-corrected chi connectivity index (χ1v) is 18.9. The molecule has 1 aromatic heterocycles. The van der Waals surface area contributed by atoms with Crippen LogP contribution in [-0.2, 0) is 5.41 Å². The molecule has 0 saturated heterocycles. The summed E-state index contributed by atoms with van der Waals surface area (Å²) in [6.07, 6.45) is 0. The third-order valence-electron chi connectivity index (χ3n) is 11.5. The minimum absolute atomic E-state index is 0.516. The van der Waals surface area contributed by atoms with Crippen LogP contribution in [-0.4, -0.2) is 0 Å². The van der Waals surface area contributed by atoms with Gasteiger partial charge in [-0.1, -0.05) is 170 Å². The average molecular weight is 702 g/mol. The molecule has 0 saturated carbocycles. The molecule has 55 heavy (non-hydrogen) atoms. The van der Waals surface area contributed by atoms with Crippen molar-refractivity contribution < 1.29 is 4.42 Å². The highest BCUT2D eigenvalue weighted by molar-refractivity contribution is 6.14. The van der Waals surface area contributed by atoms with Gasteiger partial charge in [0.05, 0.1) is 22.2 Å². The van der Waals surface area contributed by atoms with Crippen LogP contribution in [0.25, 0.3) is 55.0 Å². The minimum Gasteiger partial charge on any atom is -0.456 e. The number of fused-ring (bicyclic) bond motifs is 7. The summed E-state index contributed by atoms with van der Waals surface area (Å²) >= 11 is 0. The topological polar surface area (TPSA) is 16.4 Å². The Kier molecular flexibility index (Phi) is 7.11. The zero-order chi connectivity index (χ0) is 36.3. The van der Waals surface area contributed by atoms with E-state index in [1.54, 1.807) is 0 Å². The van der Waals surface area contributed by atoms with Gasteiger partial charge in [0.1, 0.15) is 11.2 Å². The summed E-state index contributed by atoms with van der Waals surface area (Å²) in [4.78, 5) is 2.47. The standard InChI is InChI=1S/C53H35NO/c1-3-19-40(20-4-1)53(41-21-5-2-6-22-41)45-26-11-9-24-43(45)51-46(53)27-14-28-47(51)54(48-29-15-31-50-52(48)44-25-10-12-30-49(44)55-50)42-23-13-18-38(35-42)39-33-32-36-16-7-8-17-37(36)34-39/h1-35H. The fourth-order valence-electron chi connectivity index (χ4n) is 9.20. The quantitative estimate of drug-likeness (QED) is 0.172. The number of hydrogen-bond acceptors (Lipinski definition) is 2. The van der Waals surface area contributed by atoms with Crippen molar-refractivity contribution in [3.05, 3.63) is 235 Å². The van der Waals surface area contributed by atoms with Crippen molar-refractivity contribution in [3.63, 3.8) is 0 Å². The van der Waals surface area contributed by atoms with Crippen molar-refractivity contribution in [3.8, 4) is 22.3 Å². The second-order valence-corrected chi connectivity index (χ2v) is 14.4. The van der Waals surface area contributed by atoms with Crippen LogP contribution in [0.1, 0.15) is 22.3 Å². The molecule has 258 valence electrons. The van der Waals surface area contributed by atoms with E-state index in [0.717, 1.165) is 44.6 Å². The Morgan fingerprint density at radius 1 is 0.400 bits per heavy atom. The van der Waals surface area contributed by atoms with Crippen LogP contribution in [0.3, 0.4) is 0 Å². The smallest absolute Gasteiger partial charge is 0.137 e. The molecule has 0 bridgehead atoms. The molecule has 1 aliphatic rings. The van der Waals surface area contributed by atoms with Gasteiger partial charge in [0, 0.05) is 16.6 Å². The van der Waals surface area contributed by atoms with Crippen molar-refractivity contribution in [1.82, 2.24) is 0 Å². The van der Waals surface area contributed by atoms with Gasteiger partial charge in [-0.3, -0.25) is 0 Å². The third kappa shape index (κ3) is 4.75. The predicted molar refractivity (Wildman–Crippen MR) is 229 cm³/mol. The lowest BCUT2D eigenvalue weighted by molar-refractivity contribution is 0.669. The second-order valence-electron chi connectivity index (χ2n) is 14.4. The minimum atomic E-state index is -0.516. The zero-order valence-corrected chi connectivity index (χ0v) is 30.1. The molecule has 0 aliphatic heterocycles. The van der Waals surface area contributed by atoms with Gasteiger partial charge in [-0.25, -0.2) is 0 Å². The lowest BCUT2D eigenvalue weighted by Crippen LogP contribution is -2.28. The van der Waals surface area contributed by atoms with Gasteiger partial charge in [0.25, 0.3) is 0 Å². The summed E-state index contributed by atoms with van der Waals surface area (Å²) in [5, 5.41) is 4.66. The molecule has 10 aromatic rings. The molecular weight excluding hydrogens is 667 g/mol. The molecule has 0 fully saturated rings. The Bertz CT molecular complexity index is 3010. The lowest BCUT2D eigenvalue weighted by atomic mass is 9.68. The van der Waals surface area contributed by atoms with E-state index < -0.39 is 5.41 Å². The first-order valence-electron chi connectivity index (χ1n) is 18.9. The van der Waals surface area contributed by atoms with E-state index in [1.165, 1.54) is 49.7 Å². The Labute approximate surface area is 320 Å². The number of hydrogen-bond donors (Lipinski definition) is 0. The van der Waals surface area contributed by atoms with Crippen molar-refractivity contribution in [2.75, 3.05) is 4.90 Å². The molecule has 0 spiro atoms. The largest absolute Gasteiger partial charge is 0.456 e. The fraction of sp³-hybridized carbons (Fsp3) is 0.0189. The monoisotopic (exact) mass is 701 g/mol. The molecule has 9 aromatic carbocycles. The van der Waals surface area contributed by atoms with Crippen LogP contribution >= 0.6 is 0 Å². The highest BCUT2D eigenvalue weighted by Crippen LogP contribution is 2.60. The zero-order valence-electron chi connectivity index (χ0n) is 30.1. The molecule has 0 amide bonds. The van der Waals surface area contributed by atoms with Gasteiger partial charge in [-0.15, -0.1) is 0 Å². The molecular formula is C53H35NO. The van der Waals surface area contributed by atoms with Gasteiger partial charge >= 0.3 is 0 Å². The number of anilines is 3. The van der Waals surface area contributed by atoms with Crippen molar-refractivity contribution in [2.24, 2.45) is 0 Å². The molecule has 0 N–H and O–H groups in total. The first-order chi connectivity index (χ1) is 27.3. The van der Waals surface area contributed by atoms with Crippen LogP contribution in [0.4, 0.5) is 17.1 Å². The summed E-state index contributed by atoms with van der Waals surface area (Å²) in [5.41, 5.74) is 14.3. The predicted octanol–water partition coefficient (Wildman–Crippen LogP) is 14.2. The maximum absolute atomic E-state index is 6.52. The molecule has 1 aliphatic carbocycles. The number of rotatable bonds is 6. The van der Waals surface area contributed by atoms with E-state index in [1.807, 2.05) is 6.07 Å². The molecule has 0 unspecified atom stereocenters. The third-order valence-corrected chi connectivity index (χ3v) is 11.5. The highest BCUT2D eigenvalue weighted by Gasteiger charge is 2.47. The molecule has 0 atom stereocenters. The van der Waals surface area contributed by atoms with Gasteiger partial charge in [0.2, 0.25) is 0 Å². The maximum atomic E-state index is 6.52. The number of benzene rings is 9. The molecule has 1 heterocycles. The number of furan rings is 1. The van der Waals surface area contributed by atoms with Crippen LogP contribution in [0, 0.1) is 0 Å². The summed E-state index contributed by atoms with van der Waals surface area (Å²) in [5.74, 6) is 0. The van der Waals surface area contributed by atoms with Gasteiger partial charge in [0.15, 0.2) is 0 Å². The number of nitrogens with zero attached hydrogens (tertiary/aromatic N) is 1. The van der Waals surface area contributed by atoms with Crippen molar-refractivity contribution in [2.45, 2.75) is 5.41 Å². The Morgan fingerprint density at radius 3 is 1.85 bits per heavy atom. The van der Waals surface area contributed by atoms with E-state index in [2.05, 4.69) is 211 Å². The van der Waals surface area contributed by atoms with Crippen molar-refractivity contribution in [1.29, 1.82) is 0 Å². The van der Waals surface area contributed by atoms with Crippen LogP contribution < -0.4 is 4.90 Å². The van der Waals surface area contributed by atoms with Gasteiger partial charge in [-0.2, -0.15) is 0 Å². The fourth-order valence-corrected chi connectivity index (χ4v) is 9.20. The van der Waals surface area contributed by atoms with E-state index in [4.69, 9.17) is 4.42 Å². The van der Waals surface area contributed by atoms with Crippen LogP contribution in [0.2, 0.25) is 0 Å². The average Bonchev–Trinajstić information content (AvgIpc) is 3.79. The number of para-hydroxylation sites is 1. The van der Waals surface area contributed by atoms with Gasteiger partial charge in [-0.05, 0) is 92.2 Å². The molecule has 2 heteroatoms. The Hall–Kier alpha value is -7.16. The summed E-state index contributed by atoms with van der Waals surface area (Å²) < 4.78 is 6.52. The second kappa shape index (κ2) is 12.5. The Balaban J connectivity index is 1.23. The summed E-state index contributed by atoms with van der Waals surface area (Å²) in [6, 6.07) is 77.1. The molecule has 11 rings (SSSR count). The van der Waals surface area contributed by atoms with E-state index in [9.17, 15) is 0 Å². The van der Waals surface area contributed by atoms with Gasteiger partial charge < -0.3 is 9.32 Å². The van der Waals surface area contributed by atoms with E-state index in [-0.39, 0.29) is 0 Å². The maximum Gasteiger partial charge on any atom is 0.137 e. The Morgan fingerprint density at radius 2 is 1.02 bits per heavy atom. The van der Waals surface area contributed by atoms with E-state index >= 15 is 0 Å². The van der Waals surface area contributed by atoms with Crippen LogP contribution in [0.15, 0.2) is 217 Å². The summed E-state index contributed by atoms with van der Waals surface area (Å²) in [7, 11) is 0. The van der Waals surface area contributed by atoms with Crippen molar-refractivity contribution >= 4 is 49.8 Å². The lowest BCUT2D eigenvalue weighted by Gasteiger charge is -2.34. The van der Waals surface area contributed by atoms with Crippen LogP contribution in [0.5, 0.6) is 0 Å². The summed E-state index contributed by atoms with van der Waals surface area (Å²) in [6.45, 7) is 0.